The maximum Gasteiger partial charge on any atom is 0.225 e. The van der Waals surface area contributed by atoms with Crippen molar-refractivity contribution in [2.75, 3.05) is 63.2 Å². The number of nitrogens with one attached hydrogen (secondary N) is 2. The number of aliphatic imine (C=N–C) groups is 1. The number of aromatic nitrogens is 2. The van der Waals surface area contributed by atoms with E-state index in [1.165, 1.54) is 6.26 Å². The van der Waals surface area contributed by atoms with Crippen LogP contribution < -0.4 is 15.5 Å². The number of anilines is 1. The van der Waals surface area contributed by atoms with Gasteiger partial charge in [0.1, 0.15) is 9.84 Å². The molecule has 1 aliphatic rings. The summed E-state index contributed by atoms with van der Waals surface area (Å²) in [5.74, 6) is 1.67. The first kappa shape index (κ1) is 24.8. The van der Waals surface area contributed by atoms with Crippen LogP contribution in [-0.4, -0.2) is 93.6 Å². The van der Waals surface area contributed by atoms with Crippen molar-refractivity contribution in [1.29, 1.82) is 0 Å². The summed E-state index contributed by atoms with van der Waals surface area (Å²) in [5.41, 5.74) is 0. The first-order valence-corrected chi connectivity index (χ1v) is 11.3. The summed E-state index contributed by atoms with van der Waals surface area (Å²) >= 11 is 0. The van der Waals surface area contributed by atoms with Gasteiger partial charge in [0.2, 0.25) is 5.95 Å². The maximum absolute atomic E-state index is 11.3. The van der Waals surface area contributed by atoms with Crippen LogP contribution in [0.2, 0.25) is 0 Å². The second-order valence-electron chi connectivity index (χ2n) is 6.84. The van der Waals surface area contributed by atoms with E-state index in [2.05, 4.69) is 35.4 Å². The molecule has 1 aromatic rings. The lowest BCUT2D eigenvalue weighted by Crippen LogP contribution is -2.50. The molecule has 2 rings (SSSR count). The highest BCUT2D eigenvalue weighted by atomic mass is 127. The Labute approximate surface area is 185 Å². The molecule has 11 heteroatoms. The van der Waals surface area contributed by atoms with Crippen molar-refractivity contribution in [3.05, 3.63) is 18.5 Å². The Kier molecular flexibility index (Phi) is 11.0. The molecule has 1 atom stereocenters. The highest BCUT2D eigenvalue weighted by molar-refractivity contribution is 14.0. The van der Waals surface area contributed by atoms with Crippen LogP contribution in [0.1, 0.15) is 13.3 Å². The zero-order valence-electron chi connectivity index (χ0n) is 16.8. The molecule has 0 aromatic carbocycles. The second kappa shape index (κ2) is 12.4. The zero-order valence-corrected chi connectivity index (χ0v) is 20.0. The van der Waals surface area contributed by atoms with Crippen LogP contribution >= 0.6 is 24.0 Å². The molecule has 2 N–H and O–H groups in total. The molecular formula is C17H32IN7O2S. The quantitative estimate of drug-likeness (QED) is 0.282. The van der Waals surface area contributed by atoms with Crippen LogP contribution in [0.3, 0.4) is 0 Å². The number of halogens is 1. The van der Waals surface area contributed by atoms with E-state index < -0.39 is 9.84 Å². The summed E-state index contributed by atoms with van der Waals surface area (Å²) in [4.78, 5) is 17.4. The van der Waals surface area contributed by atoms with Gasteiger partial charge in [0.15, 0.2) is 5.96 Å². The first-order chi connectivity index (χ1) is 12.9. The van der Waals surface area contributed by atoms with Crippen molar-refractivity contribution in [2.24, 2.45) is 4.99 Å². The number of hydrogen-bond acceptors (Lipinski definition) is 7. The van der Waals surface area contributed by atoms with Gasteiger partial charge in [-0.25, -0.2) is 18.4 Å². The van der Waals surface area contributed by atoms with Gasteiger partial charge in [-0.3, -0.25) is 9.89 Å². The minimum Gasteiger partial charge on any atom is -0.355 e. The third-order valence-electron chi connectivity index (χ3n) is 4.46. The standard InChI is InChI=1S/C17H31N7O2S.HI/c1-15(5-14-27(3,25)26)22-16(18-2)19-8-9-23-10-12-24(13-11-23)17-20-6-4-7-21-17;/h4,6-7,15H,5,8-14H2,1-3H3,(H2,18,19,22);1H. The number of piperazine rings is 1. The van der Waals surface area contributed by atoms with Gasteiger partial charge in [-0.2, -0.15) is 0 Å². The van der Waals surface area contributed by atoms with E-state index in [0.717, 1.165) is 45.2 Å². The van der Waals surface area contributed by atoms with Gasteiger partial charge in [-0.15, -0.1) is 24.0 Å². The van der Waals surface area contributed by atoms with E-state index in [0.29, 0.717) is 12.4 Å². The molecule has 1 aromatic heterocycles. The SMILES string of the molecule is CN=C(NCCN1CCN(c2ncccn2)CC1)NC(C)CCS(C)(=O)=O.I. The monoisotopic (exact) mass is 525 g/mol. The van der Waals surface area contributed by atoms with Crippen molar-refractivity contribution in [3.63, 3.8) is 0 Å². The Morgan fingerprint density at radius 1 is 1.25 bits per heavy atom. The Hall–Kier alpha value is -1.21. The molecule has 9 nitrogen and oxygen atoms in total. The van der Waals surface area contributed by atoms with Crippen LogP contribution in [0.25, 0.3) is 0 Å². The smallest absolute Gasteiger partial charge is 0.225 e. The number of hydrogen-bond donors (Lipinski definition) is 2. The molecule has 1 fully saturated rings. The van der Waals surface area contributed by atoms with Crippen molar-refractivity contribution in [3.8, 4) is 0 Å². The molecule has 0 spiro atoms. The van der Waals surface area contributed by atoms with E-state index in [9.17, 15) is 8.42 Å². The molecule has 28 heavy (non-hydrogen) atoms. The molecular weight excluding hydrogens is 493 g/mol. The highest BCUT2D eigenvalue weighted by Gasteiger charge is 2.18. The molecule has 160 valence electrons. The van der Waals surface area contributed by atoms with Crippen molar-refractivity contribution in [2.45, 2.75) is 19.4 Å². The van der Waals surface area contributed by atoms with Gasteiger partial charge < -0.3 is 15.5 Å². The van der Waals surface area contributed by atoms with Gasteiger partial charge in [0.05, 0.1) is 5.75 Å². The lowest BCUT2D eigenvalue weighted by molar-refractivity contribution is 0.260. The summed E-state index contributed by atoms with van der Waals surface area (Å²) < 4.78 is 22.5. The van der Waals surface area contributed by atoms with E-state index in [4.69, 9.17) is 0 Å². The van der Waals surface area contributed by atoms with Gasteiger partial charge >= 0.3 is 0 Å². The Morgan fingerprint density at radius 2 is 1.89 bits per heavy atom. The molecule has 1 saturated heterocycles. The fourth-order valence-electron chi connectivity index (χ4n) is 2.85. The van der Waals surface area contributed by atoms with Gasteiger partial charge in [0.25, 0.3) is 0 Å². The molecule has 0 aliphatic carbocycles. The molecule has 1 aliphatic heterocycles. The van der Waals surface area contributed by atoms with Gasteiger partial charge in [0, 0.05) is 71.0 Å². The summed E-state index contributed by atoms with van der Waals surface area (Å²) in [6.45, 7) is 7.43. The number of sulfone groups is 1. The van der Waals surface area contributed by atoms with Crippen molar-refractivity contribution >= 4 is 45.7 Å². The molecule has 0 bridgehead atoms. The average molecular weight is 525 g/mol. The van der Waals surface area contributed by atoms with E-state index in [-0.39, 0.29) is 35.8 Å². The number of guanidine groups is 1. The fourth-order valence-corrected chi connectivity index (χ4v) is 3.63. The van der Waals surface area contributed by atoms with Gasteiger partial charge in [-0.05, 0) is 19.4 Å². The third-order valence-corrected chi connectivity index (χ3v) is 5.43. The van der Waals surface area contributed by atoms with Crippen LogP contribution in [0.15, 0.2) is 23.5 Å². The predicted octanol–water partition coefficient (Wildman–Crippen LogP) is 0.205. The lowest BCUT2D eigenvalue weighted by Gasteiger charge is -2.34. The Balaban J connectivity index is 0.00000392. The predicted molar refractivity (Wildman–Crippen MR) is 124 cm³/mol. The second-order valence-corrected chi connectivity index (χ2v) is 9.10. The number of rotatable bonds is 8. The lowest BCUT2D eigenvalue weighted by atomic mass is 10.3. The normalized spacial score (nSPS) is 17.0. The maximum atomic E-state index is 11.3. The highest BCUT2D eigenvalue weighted by Crippen LogP contribution is 2.09. The third kappa shape index (κ3) is 9.32. The summed E-state index contributed by atoms with van der Waals surface area (Å²) in [6, 6.07) is 1.87. The van der Waals surface area contributed by atoms with Crippen LogP contribution in [0.5, 0.6) is 0 Å². The Morgan fingerprint density at radius 3 is 2.46 bits per heavy atom. The number of nitrogens with zero attached hydrogens (tertiary/aromatic N) is 5. The van der Waals surface area contributed by atoms with E-state index >= 15 is 0 Å². The first-order valence-electron chi connectivity index (χ1n) is 9.26. The van der Waals surface area contributed by atoms with Crippen LogP contribution in [0.4, 0.5) is 5.95 Å². The fraction of sp³-hybridized carbons (Fsp3) is 0.706. The molecule has 0 amide bonds. The van der Waals surface area contributed by atoms with E-state index in [1.54, 1.807) is 19.4 Å². The van der Waals surface area contributed by atoms with Crippen molar-refractivity contribution in [1.82, 2.24) is 25.5 Å². The van der Waals surface area contributed by atoms with Crippen LogP contribution in [0, 0.1) is 0 Å². The Bertz CT molecular complexity index is 695. The molecule has 0 radical (unpaired) electrons. The molecule has 2 heterocycles. The summed E-state index contributed by atoms with van der Waals surface area (Å²) in [7, 11) is -1.22. The summed E-state index contributed by atoms with van der Waals surface area (Å²) in [6.07, 6.45) is 5.36. The van der Waals surface area contributed by atoms with Gasteiger partial charge in [-0.1, -0.05) is 0 Å². The minimum absolute atomic E-state index is 0. The minimum atomic E-state index is -2.94. The largest absolute Gasteiger partial charge is 0.355 e. The molecule has 1 unspecified atom stereocenters. The average Bonchev–Trinajstić information content (AvgIpc) is 2.66. The molecule has 0 saturated carbocycles. The topological polar surface area (TPSA) is 103 Å². The summed E-state index contributed by atoms with van der Waals surface area (Å²) in [5, 5.41) is 6.53. The van der Waals surface area contributed by atoms with Crippen LogP contribution in [-0.2, 0) is 9.84 Å². The van der Waals surface area contributed by atoms with Crippen molar-refractivity contribution < 1.29 is 8.42 Å². The zero-order chi connectivity index (χ0) is 19.7. The van der Waals surface area contributed by atoms with E-state index in [1.807, 2.05) is 13.0 Å².